The van der Waals surface area contributed by atoms with Crippen LogP contribution in [0.5, 0.6) is 0 Å². The molecule has 3 heteroatoms. The molecule has 3 nitrogen and oxygen atoms in total. The zero-order valence-electron chi connectivity index (χ0n) is 12.3. The van der Waals surface area contributed by atoms with Crippen molar-refractivity contribution in [3.63, 3.8) is 0 Å². The van der Waals surface area contributed by atoms with Gasteiger partial charge >= 0.3 is 0 Å². The molecule has 19 heavy (non-hydrogen) atoms. The van der Waals surface area contributed by atoms with Gasteiger partial charge in [0.15, 0.2) is 0 Å². The van der Waals surface area contributed by atoms with E-state index < -0.39 is 5.60 Å². The minimum Gasteiger partial charge on any atom is -0.396 e. The lowest BCUT2D eigenvalue weighted by Gasteiger charge is -2.32. The molecule has 0 bridgehead atoms. The maximum atomic E-state index is 10.5. The lowest BCUT2D eigenvalue weighted by atomic mass is 9.83. The highest BCUT2D eigenvalue weighted by molar-refractivity contribution is 5.21. The number of rotatable bonds is 8. The first kappa shape index (κ1) is 16.2. The molecule has 0 fully saturated rings. The van der Waals surface area contributed by atoms with E-state index in [0.29, 0.717) is 6.54 Å². The third kappa shape index (κ3) is 4.30. The van der Waals surface area contributed by atoms with Crippen LogP contribution in [0.2, 0.25) is 0 Å². The SMILES string of the molecule is CCC(CC)(CO)CNCC(C)(O)c1ccccc1. The summed E-state index contributed by atoms with van der Waals surface area (Å²) >= 11 is 0. The summed E-state index contributed by atoms with van der Waals surface area (Å²) in [6.45, 7) is 7.39. The van der Waals surface area contributed by atoms with Crippen molar-refractivity contribution in [2.45, 2.75) is 39.2 Å². The van der Waals surface area contributed by atoms with Crippen molar-refractivity contribution < 1.29 is 10.2 Å². The van der Waals surface area contributed by atoms with Gasteiger partial charge in [0.2, 0.25) is 0 Å². The van der Waals surface area contributed by atoms with Crippen molar-refractivity contribution in [1.29, 1.82) is 0 Å². The highest BCUT2D eigenvalue weighted by Gasteiger charge is 2.27. The van der Waals surface area contributed by atoms with Gasteiger partial charge in [0.25, 0.3) is 0 Å². The molecule has 0 heterocycles. The van der Waals surface area contributed by atoms with Crippen molar-refractivity contribution >= 4 is 0 Å². The Morgan fingerprint density at radius 2 is 1.63 bits per heavy atom. The molecule has 0 aliphatic rings. The van der Waals surface area contributed by atoms with Gasteiger partial charge in [-0.1, -0.05) is 44.2 Å². The number of aliphatic hydroxyl groups excluding tert-OH is 1. The van der Waals surface area contributed by atoms with E-state index in [9.17, 15) is 10.2 Å². The minimum atomic E-state index is -0.885. The average Bonchev–Trinajstić information content (AvgIpc) is 2.45. The minimum absolute atomic E-state index is 0.0766. The molecule has 0 aliphatic carbocycles. The van der Waals surface area contributed by atoms with Gasteiger partial charge < -0.3 is 15.5 Å². The van der Waals surface area contributed by atoms with Gasteiger partial charge in [0.1, 0.15) is 0 Å². The second kappa shape index (κ2) is 7.04. The van der Waals surface area contributed by atoms with Crippen LogP contribution in [0.25, 0.3) is 0 Å². The summed E-state index contributed by atoms with van der Waals surface area (Å²) in [4.78, 5) is 0. The van der Waals surface area contributed by atoms with Crippen molar-refractivity contribution in [3.8, 4) is 0 Å². The number of nitrogens with one attached hydrogen (secondary N) is 1. The number of aliphatic hydroxyl groups is 2. The summed E-state index contributed by atoms with van der Waals surface area (Å²) in [6, 6.07) is 9.67. The normalized spacial score (nSPS) is 15.2. The predicted octanol–water partition coefficient (Wildman–Crippen LogP) is 2.28. The van der Waals surface area contributed by atoms with Crippen LogP contribution in [-0.4, -0.2) is 29.9 Å². The van der Waals surface area contributed by atoms with Crippen LogP contribution in [0.3, 0.4) is 0 Å². The highest BCUT2D eigenvalue weighted by Crippen LogP contribution is 2.25. The summed E-state index contributed by atoms with van der Waals surface area (Å²) in [5.41, 5.74) is -0.0541. The first-order valence-electron chi connectivity index (χ1n) is 7.09. The lowest BCUT2D eigenvalue weighted by molar-refractivity contribution is 0.0468. The molecule has 0 radical (unpaired) electrons. The van der Waals surface area contributed by atoms with Crippen LogP contribution in [0.4, 0.5) is 0 Å². The maximum absolute atomic E-state index is 10.5. The van der Waals surface area contributed by atoms with E-state index in [4.69, 9.17) is 0 Å². The monoisotopic (exact) mass is 265 g/mol. The molecule has 0 aromatic heterocycles. The molecule has 3 N–H and O–H groups in total. The summed E-state index contributed by atoms with van der Waals surface area (Å²) in [5, 5.41) is 23.3. The topological polar surface area (TPSA) is 52.5 Å². The molecule has 1 aromatic rings. The molecule has 1 aromatic carbocycles. The smallest absolute Gasteiger partial charge is 0.0992 e. The molecular weight excluding hydrogens is 238 g/mol. The third-order valence-corrected chi connectivity index (χ3v) is 4.20. The Bertz CT molecular complexity index is 350. The predicted molar refractivity (Wildman–Crippen MR) is 79.0 cm³/mol. The fourth-order valence-electron chi connectivity index (χ4n) is 2.25. The van der Waals surface area contributed by atoms with Gasteiger partial charge in [-0.05, 0) is 25.3 Å². The van der Waals surface area contributed by atoms with Crippen molar-refractivity contribution in [2.75, 3.05) is 19.7 Å². The van der Waals surface area contributed by atoms with E-state index in [1.165, 1.54) is 0 Å². The Labute approximate surface area is 116 Å². The summed E-state index contributed by atoms with van der Waals surface area (Å²) in [6.07, 6.45) is 1.86. The number of benzene rings is 1. The first-order chi connectivity index (χ1) is 8.99. The van der Waals surface area contributed by atoms with E-state index in [1.807, 2.05) is 37.3 Å². The fourth-order valence-corrected chi connectivity index (χ4v) is 2.25. The highest BCUT2D eigenvalue weighted by atomic mass is 16.3. The quantitative estimate of drug-likeness (QED) is 0.676. The van der Waals surface area contributed by atoms with E-state index in [-0.39, 0.29) is 12.0 Å². The molecular formula is C16H27NO2. The van der Waals surface area contributed by atoms with Gasteiger partial charge in [-0.3, -0.25) is 0 Å². The molecule has 0 spiro atoms. The summed E-state index contributed by atoms with van der Waals surface area (Å²) in [5.74, 6) is 0. The molecule has 1 atom stereocenters. The Hall–Kier alpha value is -0.900. The number of hydrogen-bond acceptors (Lipinski definition) is 3. The molecule has 0 aliphatic heterocycles. The standard InChI is InChI=1S/C16H27NO2/c1-4-16(5-2,13-18)12-17-11-15(3,19)14-9-7-6-8-10-14/h6-10,17-19H,4-5,11-13H2,1-3H3. The molecule has 0 amide bonds. The first-order valence-corrected chi connectivity index (χ1v) is 7.09. The Balaban J connectivity index is 2.57. The van der Waals surface area contributed by atoms with Crippen LogP contribution in [-0.2, 0) is 5.60 Å². The van der Waals surface area contributed by atoms with E-state index in [2.05, 4.69) is 19.2 Å². The van der Waals surface area contributed by atoms with Crippen molar-refractivity contribution in [2.24, 2.45) is 5.41 Å². The fraction of sp³-hybridized carbons (Fsp3) is 0.625. The summed E-state index contributed by atoms with van der Waals surface area (Å²) < 4.78 is 0. The van der Waals surface area contributed by atoms with Crippen LogP contribution in [0.1, 0.15) is 39.2 Å². The van der Waals surface area contributed by atoms with Gasteiger partial charge in [-0.25, -0.2) is 0 Å². The largest absolute Gasteiger partial charge is 0.396 e. The van der Waals surface area contributed by atoms with Gasteiger partial charge in [0.05, 0.1) is 5.60 Å². The second-order valence-electron chi connectivity index (χ2n) is 5.61. The summed E-state index contributed by atoms with van der Waals surface area (Å²) in [7, 11) is 0. The number of hydrogen-bond donors (Lipinski definition) is 3. The molecule has 0 saturated carbocycles. The van der Waals surface area contributed by atoms with Gasteiger partial charge in [-0.15, -0.1) is 0 Å². The third-order valence-electron chi connectivity index (χ3n) is 4.20. The Morgan fingerprint density at radius 1 is 1.05 bits per heavy atom. The zero-order valence-corrected chi connectivity index (χ0v) is 12.3. The van der Waals surface area contributed by atoms with Crippen LogP contribution < -0.4 is 5.32 Å². The van der Waals surface area contributed by atoms with Crippen molar-refractivity contribution in [1.82, 2.24) is 5.32 Å². The molecule has 1 rings (SSSR count). The van der Waals surface area contributed by atoms with Gasteiger partial charge in [0, 0.05) is 25.1 Å². The lowest BCUT2D eigenvalue weighted by Crippen LogP contribution is -2.42. The van der Waals surface area contributed by atoms with Crippen LogP contribution in [0.15, 0.2) is 30.3 Å². The van der Waals surface area contributed by atoms with E-state index in [0.717, 1.165) is 24.9 Å². The van der Waals surface area contributed by atoms with Crippen LogP contribution >= 0.6 is 0 Å². The second-order valence-corrected chi connectivity index (χ2v) is 5.61. The van der Waals surface area contributed by atoms with Gasteiger partial charge in [-0.2, -0.15) is 0 Å². The van der Waals surface area contributed by atoms with E-state index >= 15 is 0 Å². The van der Waals surface area contributed by atoms with Crippen molar-refractivity contribution in [3.05, 3.63) is 35.9 Å². The molecule has 0 saturated heterocycles. The average molecular weight is 265 g/mol. The van der Waals surface area contributed by atoms with Crippen LogP contribution in [0, 0.1) is 5.41 Å². The molecule has 1 unspecified atom stereocenters. The zero-order chi connectivity index (χ0) is 14.4. The Kier molecular flexibility index (Phi) is 5.98. The molecule has 108 valence electrons. The maximum Gasteiger partial charge on any atom is 0.0992 e. The van der Waals surface area contributed by atoms with E-state index in [1.54, 1.807) is 0 Å². The Morgan fingerprint density at radius 3 is 2.11 bits per heavy atom.